The molecule has 0 bridgehead atoms. The van der Waals surface area contributed by atoms with Crippen LogP contribution >= 0.6 is 0 Å². The van der Waals surface area contributed by atoms with E-state index in [9.17, 15) is 4.79 Å². The summed E-state index contributed by atoms with van der Waals surface area (Å²) in [7, 11) is 0. The van der Waals surface area contributed by atoms with E-state index in [1.807, 2.05) is 30.3 Å². The van der Waals surface area contributed by atoms with E-state index in [-0.39, 0.29) is 5.97 Å². The summed E-state index contributed by atoms with van der Waals surface area (Å²) < 4.78 is 5.08. The molecule has 2 aromatic rings. The zero-order valence-corrected chi connectivity index (χ0v) is 11.3. The van der Waals surface area contributed by atoms with Gasteiger partial charge in [0.15, 0.2) is 0 Å². The van der Waals surface area contributed by atoms with E-state index in [0.717, 1.165) is 23.9 Å². The Morgan fingerprint density at radius 3 is 2.84 bits per heavy atom. The van der Waals surface area contributed by atoms with Gasteiger partial charge in [-0.1, -0.05) is 25.1 Å². The van der Waals surface area contributed by atoms with Crippen molar-refractivity contribution in [1.29, 1.82) is 0 Å². The molecule has 0 saturated heterocycles. The fraction of sp³-hybridized carbons (Fsp3) is 0.333. The van der Waals surface area contributed by atoms with Crippen LogP contribution in [0.3, 0.4) is 0 Å². The number of hydrogen-bond donors (Lipinski definition) is 1. The molecule has 100 valence electrons. The molecule has 0 atom stereocenters. The lowest BCUT2D eigenvalue weighted by Gasteiger charge is -2.11. The Kier molecular flexibility index (Phi) is 4.34. The van der Waals surface area contributed by atoms with E-state index in [2.05, 4.69) is 17.2 Å². The van der Waals surface area contributed by atoms with Crippen molar-refractivity contribution in [3.63, 3.8) is 0 Å². The lowest BCUT2D eigenvalue weighted by molar-refractivity contribution is 0.0527. The maximum Gasteiger partial charge on any atom is 0.341 e. The number of nitrogens with one attached hydrogen (secondary N) is 1. The first-order chi connectivity index (χ1) is 9.26. The number of benzene rings is 1. The molecule has 0 saturated carbocycles. The number of para-hydroxylation sites is 1. The van der Waals surface area contributed by atoms with Crippen LogP contribution in [0, 0.1) is 0 Å². The number of ether oxygens (including phenoxy) is 1. The Morgan fingerprint density at radius 2 is 2.11 bits per heavy atom. The summed E-state index contributed by atoms with van der Waals surface area (Å²) in [5.41, 5.74) is 1.36. The number of pyridine rings is 1. The Morgan fingerprint density at radius 1 is 1.32 bits per heavy atom. The minimum atomic E-state index is -0.334. The van der Waals surface area contributed by atoms with Crippen molar-refractivity contribution in [2.75, 3.05) is 18.5 Å². The number of fused-ring (bicyclic) bond motifs is 1. The van der Waals surface area contributed by atoms with Gasteiger partial charge in [-0.15, -0.1) is 0 Å². The van der Waals surface area contributed by atoms with E-state index in [4.69, 9.17) is 4.74 Å². The van der Waals surface area contributed by atoms with Crippen LogP contribution in [0.1, 0.15) is 30.6 Å². The highest BCUT2D eigenvalue weighted by molar-refractivity contribution is 5.99. The second kappa shape index (κ2) is 6.18. The van der Waals surface area contributed by atoms with Gasteiger partial charge >= 0.3 is 5.97 Å². The third kappa shape index (κ3) is 3.02. The number of nitrogens with zero attached hydrogens (tertiary/aromatic N) is 1. The lowest BCUT2D eigenvalue weighted by atomic mass is 10.1. The highest BCUT2D eigenvalue weighted by Gasteiger charge is 2.14. The quantitative estimate of drug-likeness (QED) is 0.836. The van der Waals surface area contributed by atoms with Gasteiger partial charge in [-0.25, -0.2) is 9.78 Å². The fourth-order valence-electron chi connectivity index (χ4n) is 1.86. The molecule has 0 aliphatic carbocycles. The first-order valence-electron chi connectivity index (χ1n) is 6.57. The third-order valence-electron chi connectivity index (χ3n) is 2.76. The van der Waals surface area contributed by atoms with E-state index < -0.39 is 0 Å². The van der Waals surface area contributed by atoms with Gasteiger partial charge in [0.05, 0.1) is 12.1 Å². The molecule has 0 unspecified atom stereocenters. The summed E-state index contributed by atoms with van der Waals surface area (Å²) in [6.07, 6.45) is 0.969. The minimum absolute atomic E-state index is 0.334. The first-order valence-corrected chi connectivity index (χ1v) is 6.57. The maximum atomic E-state index is 12.0. The average molecular weight is 258 g/mol. The predicted molar refractivity (Wildman–Crippen MR) is 76.5 cm³/mol. The number of aromatic nitrogens is 1. The van der Waals surface area contributed by atoms with Gasteiger partial charge in [-0.3, -0.25) is 0 Å². The molecule has 0 aliphatic heterocycles. The SMILES string of the molecule is CCCNc1nc2ccccc2cc1C(=O)OCC. The maximum absolute atomic E-state index is 12.0. The summed E-state index contributed by atoms with van der Waals surface area (Å²) in [5.74, 6) is 0.262. The first kappa shape index (κ1) is 13.3. The van der Waals surface area contributed by atoms with Crippen molar-refractivity contribution in [1.82, 2.24) is 4.98 Å². The molecule has 1 aromatic heterocycles. The number of anilines is 1. The van der Waals surface area contributed by atoms with Crippen molar-refractivity contribution in [2.45, 2.75) is 20.3 Å². The Bertz CT molecular complexity index is 581. The van der Waals surface area contributed by atoms with E-state index in [1.54, 1.807) is 6.92 Å². The number of hydrogen-bond acceptors (Lipinski definition) is 4. The van der Waals surface area contributed by atoms with Gasteiger partial charge in [0.1, 0.15) is 11.4 Å². The summed E-state index contributed by atoms with van der Waals surface area (Å²) in [6.45, 7) is 5.00. The van der Waals surface area contributed by atoms with Gasteiger partial charge in [0, 0.05) is 11.9 Å². The number of carbonyl (C=O) groups is 1. The molecule has 1 aromatic carbocycles. The molecule has 0 fully saturated rings. The van der Waals surface area contributed by atoms with Crippen LogP contribution in [0.2, 0.25) is 0 Å². The van der Waals surface area contributed by atoms with Crippen molar-refractivity contribution in [2.24, 2.45) is 0 Å². The molecule has 19 heavy (non-hydrogen) atoms. The molecule has 0 spiro atoms. The van der Waals surface area contributed by atoms with Crippen molar-refractivity contribution in [3.05, 3.63) is 35.9 Å². The molecular weight excluding hydrogens is 240 g/mol. The molecule has 0 aliphatic rings. The van der Waals surface area contributed by atoms with Crippen molar-refractivity contribution < 1.29 is 9.53 Å². The topological polar surface area (TPSA) is 51.2 Å². The normalized spacial score (nSPS) is 10.4. The Hall–Kier alpha value is -2.10. The lowest BCUT2D eigenvalue weighted by Crippen LogP contribution is -2.12. The molecule has 0 amide bonds. The van der Waals surface area contributed by atoms with Crippen LogP contribution in [-0.4, -0.2) is 24.1 Å². The van der Waals surface area contributed by atoms with Crippen LogP contribution in [-0.2, 0) is 4.74 Å². The van der Waals surface area contributed by atoms with E-state index in [0.29, 0.717) is 18.0 Å². The molecule has 0 radical (unpaired) electrons. The second-order valence-corrected chi connectivity index (χ2v) is 4.22. The third-order valence-corrected chi connectivity index (χ3v) is 2.76. The highest BCUT2D eigenvalue weighted by Crippen LogP contribution is 2.21. The van der Waals surface area contributed by atoms with E-state index in [1.165, 1.54) is 0 Å². The fourth-order valence-corrected chi connectivity index (χ4v) is 1.86. The summed E-state index contributed by atoms with van der Waals surface area (Å²) in [4.78, 5) is 16.5. The zero-order chi connectivity index (χ0) is 13.7. The molecule has 4 nitrogen and oxygen atoms in total. The summed E-state index contributed by atoms with van der Waals surface area (Å²) >= 11 is 0. The molecule has 1 N–H and O–H groups in total. The second-order valence-electron chi connectivity index (χ2n) is 4.22. The van der Waals surface area contributed by atoms with Gasteiger partial charge < -0.3 is 10.1 Å². The Balaban J connectivity index is 2.47. The number of esters is 1. The van der Waals surface area contributed by atoms with Crippen molar-refractivity contribution in [3.8, 4) is 0 Å². The summed E-state index contributed by atoms with van der Waals surface area (Å²) in [6, 6.07) is 9.56. The summed E-state index contributed by atoms with van der Waals surface area (Å²) in [5, 5.41) is 4.12. The monoisotopic (exact) mass is 258 g/mol. The largest absolute Gasteiger partial charge is 0.462 e. The molecular formula is C15H18N2O2. The van der Waals surface area contributed by atoms with Gasteiger partial charge in [0.2, 0.25) is 0 Å². The molecule has 1 heterocycles. The van der Waals surface area contributed by atoms with Gasteiger partial charge in [-0.2, -0.15) is 0 Å². The van der Waals surface area contributed by atoms with Crippen LogP contribution in [0.25, 0.3) is 10.9 Å². The minimum Gasteiger partial charge on any atom is -0.462 e. The smallest absolute Gasteiger partial charge is 0.341 e. The Labute approximate surface area is 112 Å². The highest BCUT2D eigenvalue weighted by atomic mass is 16.5. The predicted octanol–water partition coefficient (Wildman–Crippen LogP) is 3.23. The van der Waals surface area contributed by atoms with Gasteiger partial charge in [0.25, 0.3) is 0 Å². The zero-order valence-electron chi connectivity index (χ0n) is 11.3. The van der Waals surface area contributed by atoms with E-state index >= 15 is 0 Å². The van der Waals surface area contributed by atoms with Crippen LogP contribution < -0.4 is 5.32 Å². The van der Waals surface area contributed by atoms with Gasteiger partial charge in [-0.05, 0) is 25.5 Å². The van der Waals surface area contributed by atoms with Crippen molar-refractivity contribution >= 4 is 22.7 Å². The molecule has 2 rings (SSSR count). The number of carbonyl (C=O) groups excluding carboxylic acids is 1. The average Bonchev–Trinajstić information content (AvgIpc) is 2.44. The van der Waals surface area contributed by atoms with Crippen LogP contribution in [0.15, 0.2) is 30.3 Å². The molecule has 4 heteroatoms. The van der Waals surface area contributed by atoms with Crippen LogP contribution in [0.4, 0.5) is 5.82 Å². The van der Waals surface area contributed by atoms with Crippen LogP contribution in [0.5, 0.6) is 0 Å². The number of rotatable bonds is 5. The standard InChI is InChI=1S/C15H18N2O2/c1-3-9-16-14-12(15(18)19-4-2)10-11-7-5-6-8-13(11)17-14/h5-8,10H,3-4,9H2,1-2H3,(H,16,17).